The number of methoxy groups -OCH3 is 1. The van der Waals surface area contributed by atoms with Crippen LogP contribution in [0.2, 0.25) is 0 Å². The molecule has 0 radical (unpaired) electrons. The second-order valence-electron chi connectivity index (χ2n) is 4.14. The first-order valence-corrected chi connectivity index (χ1v) is 9.46. The summed E-state index contributed by atoms with van der Waals surface area (Å²) in [5.74, 6) is 0.819. The van der Waals surface area contributed by atoms with Gasteiger partial charge >= 0.3 is 0 Å². The highest BCUT2D eigenvalue weighted by Crippen LogP contribution is 2.53. The van der Waals surface area contributed by atoms with E-state index >= 15 is 0 Å². The van der Waals surface area contributed by atoms with E-state index in [4.69, 9.17) is 4.74 Å². The molecule has 0 aliphatic heterocycles. The molecule has 100 valence electrons. The van der Waals surface area contributed by atoms with E-state index in [9.17, 15) is 4.57 Å². The molecule has 0 aliphatic carbocycles. The van der Waals surface area contributed by atoms with E-state index in [1.807, 2.05) is 60.9 Å². The van der Waals surface area contributed by atoms with Gasteiger partial charge < -0.3 is 9.30 Å². The smallest absolute Gasteiger partial charge is 0.138 e. The highest BCUT2D eigenvalue weighted by atomic mass is 32.7. The Morgan fingerprint density at radius 1 is 1.00 bits per heavy atom. The molecule has 4 heteroatoms. The average molecular weight is 292 g/mol. The second kappa shape index (κ2) is 6.83. The number of rotatable bonds is 5. The molecule has 2 unspecified atom stereocenters. The number of benzene rings is 2. The van der Waals surface area contributed by atoms with E-state index in [0.29, 0.717) is 0 Å². The van der Waals surface area contributed by atoms with Gasteiger partial charge in [0, 0.05) is 0 Å². The van der Waals surface area contributed by atoms with Crippen molar-refractivity contribution in [2.75, 3.05) is 13.4 Å². The Bertz CT molecular complexity index is 540. The van der Waals surface area contributed by atoms with Gasteiger partial charge in [0.25, 0.3) is 0 Å². The molecule has 2 rings (SSSR count). The fraction of sp³-hybridized carbons (Fsp3) is 0.200. The van der Waals surface area contributed by atoms with Crippen molar-refractivity contribution in [3.05, 3.63) is 65.7 Å². The maximum atomic E-state index is 12.4. The molecular weight excluding hydrogens is 275 g/mol. The summed E-state index contributed by atoms with van der Waals surface area (Å²) in [6.07, 6.45) is 1.90. The van der Waals surface area contributed by atoms with Crippen LogP contribution < -0.4 is 4.74 Å². The lowest BCUT2D eigenvalue weighted by atomic mass is 10.0. The molecule has 0 aliphatic rings. The SMILES string of the molecule is COc1ccc(C(c2ccccc2)[PH](=O)SC)cc1. The zero-order valence-corrected chi connectivity index (χ0v) is 12.8. The zero-order valence-electron chi connectivity index (χ0n) is 11.0. The molecule has 0 aromatic heterocycles. The van der Waals surface area contributed by atoms with Crippen LogP contribution in [-0.2, 0) is 4.57 Å². The first kappa shape index (κ1) is 14.2. The Morgan fingerprint density at radius 3 is 2.11 bits per heavy atom. The third-order valence-electron chi connectivity index (χ3n) is 3.02. The molecule has 0 saturated heterocycles. The standard InChI is InChI=1S/C15H17O2PS/c1-17-14-10-8-13(9-11-14)15(18(16)19-2)12-6-4-3-5-7-12/h3-11,15,18H,1-2H3. The van der Waals surface area contributed by atoms with Crippen LogP contribution in [-0.4, -0.2) is 13.4 Å². The molecule has 2 aromatic carbocycles. The van der Waals surface area contributed by atoms with Crippen molar-refractivity contribution in [3.63, 3.8) is 0 Å². The van der Waals surface area contributed by atoms with Crippen LogP contribution in [0.15, 0.2) is 54.6 Å². The number of hydrogen-bond acceptors (Lipinski definition) is 3. The lowest BCUT2D eigenvalue weighted by Crippen LogP contribution is -1.95. The summed E-state index contributed by atoms with van der Waals surface area (Å²) in [4.78, 5) is 0. The van der Waals surface area contributed by atoms with E-state index in [1.54, 1.807) is 7.11 Å². The van der Waals surface area contributed by atoms with Crippen molar-refractivity contribution in [1.29, 1.82) is 0 Å². The first-order valence-electron chi connectivity index (χ1n) is 6.03. The van der Waals surface area contributed by atoms with Crippen molar-refractivity contribution in [1.82, 2.24) is 0 Å². The van der Waals surface area contributed by atoms with E-state index in [-0.39, 0.29) is 5.66 Å². The highest BCUT2D eigenvalue weighted by Gasteiger charge is 2.20. The fourth-order valence-electron chi connectivity index (χ4n) is 2.02. The molecule has 2 nitrogen and oxygen atoms in total. The minimum absolute atomic E-state index is 0.0351. The molecule has 2 atom stereocenters. The quantitative estimate of drug-likeness (QED) is 0.752. The summed E-state index contributed by atoms with van der Waals surface area (Å²) in [5.41, 5.74) is 2.14. The largest absolute Gasteiger partial charge is 0.497 e. The Hall–Kier alpha value is -1.18. The summed E-state index contributed by atoms with van der Waals surface area (Å²) in [6, 6.07) is 17.8. The monoisotopic (exact) mass is 292 g/mol. The molecule has 0 bridgehead atoms. The number of ether oxygens (including phenoxy) is 1. The third kappa shape index (κ3) is 3.43. The van der Waals surface area contributed by atoms with Crippen LogP contribution >= 0.6 is 18.4 Å². The zero-order chi connectivity index (χ0) is 13.7. The minimum Gasteiger partial charge on any atom is -0.497 e. The molecule has 2 aromatic rings. The molecule has 0 fully saturated rings. The van der Waals surface area contributed by atoms with Crippen molar-refractivity contribution >= 4 is 18.4 Å². The van der Waals surface area contributed by atoms with Gasteiger partial charge in [-0.2, -0.15) is 0 Å². The Labute approximate surface area is 118 Å². The maximum Gasteiger partial charge on any atom is 0.138 e. The van der Waals surface area contributed by atoms with E-state index in [0.717, 1.165) is 16.9 Å². The van der Waals surface area contributed by atoms with Crippen LogP contribution in [0.25, 0.3) is 0 Å². The van der Waals surface area contributed by atoms with Crippen molar-refractivity contribution in [2.24, 2.45) is 0 Å². The Kier molecular flexibility index (Phi) is 5.12. The van der Waals surface area contributed by atoms with Crippen molar-refractivity contribution < 1.29 is 9.30 Å². The van der Waals surface area contributed by atoms with Crippen LogP contribution in [0.5, 0.6) is 5.75 Å². The predicted octanol–water partition coefficient (Wildman–Crippen LogP) is 4.62. The van der Waals surface area contributed by atoms with Gasteiger partial charge in [-0.1, -0.05) is 42.5 Å². The topological polar surface area (TPSA) is 26.3 Å². The third-order valence-corrected chi connectivity index (χ3v) is 6.47. The molecular formula is C15H17O2PS. The normalized spacial score (nSPS) is 13.8. The summed E-state index contributed by atoms with van der Waals surface area (Å²) in [7, 11) is -0.118. The van der Waals surface area contributed by atoms with Gasteiger partial charge in [0.15, 0.2) is 0 Å². The maximum absolute atomic E-state index is 12.4. The van der Waals surface area contributed by atoms with Gasteiger partial charge in [0.05, 0.1) is 12.8 Å². The highest BCUT2D eigenvalue weighted by molar-refractivity contribution is 8.51. The summed E-state index contributed by atoms with van der Waals surface area (Å²) in [6.45, 7) is 0. The van der Waals surface area contributed by atoms with E-state index < -0.39 is 7.00 Å². The van der Waals surface area contributed by atoms with Gasteiger partial charge in [-0.3, -0.25) is 0 Å². The summed E-state index contributed by atoms with van der Waals surface area (Å²) >= 11 is 1.45. The van der Waals surface area contributed by atoms with Gasteiger partial charge in [-0.05, 0) is 29.5 Å². The minimum atomic E-state index is -1.77. The second-order valence-corrected chi connectivity index (χ2v) is 8.20. The van der Waals surface area contributed by atoms with E-state index in [1.165, 1.54) is 11.4 Å². The molecule has 19 heavy (non-hydrogen) atoms. The van der Waals surface area contributed by atoms with Gasteiger partial charge in [0.2, 0.25) is 0 Å². The van der Waals surface area contributed by atoms with Crippen molar-refractivity contribution in [2.45, 2.75) is 5.66 Å². The average Bonchev–Trinajstić information content (AvgIpc) is 2.49. The summed E-state index contributed by atoms with van der Waals surface area (Å²) < 4.78 is 17.6. The van der Waals surface area contributed by atoms with Crippen LogP contribution in [0.3, 0.4) is 0 Å². The lowest BCUT2D eigenvalue weighted by Gasteiger charge is -2.17. The van der Waals surface area contributed by atoms with Crippen LogP contribution in [0, 0.1) is 0 Å². The van der Waals surface area contributed by atoms with E-state index in [2.05, 4.69) is 0 Å². The van der Waals surface area contributed by atoms with Gasteiger partial charge in [0.1, 0.15) is 12.8 Å². The van der Waals surface area contributed by atoms with Crippen LogP contribution in [0.4, 0.5) is 0 Å². The van der Waals surface area contributed by atoms with Crippen molar-refractivity contribution in [3.8, 4) is 5.75 Å². The fourth-order valence-corrected chi connectivity index (χ4v) is 4.71. The first-order chi connectivity index (χ1) is 9.26. The van der Waals surface area contributed by atoms with Gasteiger partial charge in [-0.25, -0.2) is 0 Å². The number of hydrogen-bond donors (Lipinski definition) is 0. The molecule has 0 N–H and O–H groups in total. The molecule has 0 saturated carbocycles. The lowest BCUT2D eigenvalue weighted by molar-refractivity contribution is 0.414. The summed E-state index contributed by atoms with van der Waals surface area (Å²) in [5, 5.41) is 0. The Morgan fingerprint density at radius 2 is 1.58 bits per heavy atom. The molecule has 0 spiro atoms. The molecule has 0 heterocycles. The van der Waals surface area contributed by atoms with Crippen LogP contribution in [0.1, 0.15) is 16.8 Å². The predicted molar refractivity (Wildman–Crippen MR) is 83.8 cm³/mol. The van der Waals surface area contributed by atoms with Gasteiger partial charge in [-0.15, -0.1) is 11.4 Å². The Balaban J connectivity index is 2.40. The molecule has 0 amide bonds.